The second-order valence-electron chi connectivity index (χ2n) is 14.0. The van der Waals surface area contributed by atoms with Crippen molar-refractivity contribution < 1.29 is 54.5 Å². The minimum Gasteiger partial charge on any atom is -0.741 e. The molecule has 1 atom stereocenters. The first-order valence-corrected chi connectivity index (χ1v) is 19.5. The van der Waals surface area contributed by atoms with Gasteiger partial charge < -0.3 is 29.0 Å². The lowest BCUT2D eigenvalue weighted by molar-refractivity contribution is -0.684. The summed E-state index contributed by atoms with van der Waals surface area (Å²) in [4.78, 5) is 30.4. The van der Waals surface area contributed by atoms with Gasteiger partial charge in [-0.3, -0.25) is 4.79 Å². The summed E-state index contributed by atoms with van der Waals surface area (Å²) in [5, 5.41) is 3.84. The number of hydrogen-bond donors (Lipinski definition) is 1. The maximum atomic E-state index is 13.6. The zero-order valence-corrected chi connectivity index (χ0v) is 31.6. The molecule has 0 saturated carbocycles. The largest absolute Gasteiger partial charge is 0.741 e. The molecule has 17 heteroatoms. The fourth-order valence-electron chi connectivity index (χ4n) is 7.17. The average Bonchev–Trinajstić information content (AvgIpc) is 3.56. The van der Waals surface area contributed by atoms with E-state index >= 15 is 0 Å². The van der Waals surface area contributed by atoms with Crippen LogP contribution in [0.4, 0.5) is 24.7 Å². The summed E-state index contributed by atoms with van der Waals surface area (Å²) in [5.74, 6) is 1.09. The van der Waals surface area contributed by atoms with Gasteiger partial charge in [0.15, 0.2) is 20.7 Å². The second-order valence-corrected chi connectivity index (χ2v) is 16.4. The molecule has 0 bridgehead atoms. The highest BCUT2D eigenvalue weighted by Crippen LogP contribution is 2.50. The Morgan fingerprint density at radius 3 is 2.38 bits per heavy atom. The van der Waals surface area contributed by atoms with Crippen LogP contribution >= 0.6 is 11.3 Å². The Balaban J connectivity index is 0.000000541. The lowest BCUT2D eigenvalue weighted by Gasteiger charge is -2.38. The molecule has 2 aromatic carbocycles. The number of imidazole rings is 1. The van der Waals surface area contributed by atoms with E-state index in [9.17, 15) is 22.8 Å². The minimum atomic E-state index is -6.09. The van der Waals surface area contributed by atoms with Crippen molar-refractivity contribution in [3.8, 4) is 28.3 Å². The third-order valence-corrected chi connectivity index (χ3v) is 10.8. The highest BCUT2D eigenvalue weighted by atomic mass is 32.2. The van der Waals surface area contributed by atoms with Gasteiger partial charge in [-0.25, -0.2) is 17.8 Å². The number of methoxy groups -OCH3 is 1. The van der Waals surface area contributed by atoms with Crippen molar-refractivity contribution in [2.75, 3.05) is 43.6 Å². The summed E-state index contributed by atoms with van der Waals surface area (Å²) in [6.07, 6.45) is 4.30. The fourth-order valence-corrected chi connectivity index (χ4v) is 8.41. The highest BCUT2D eigenvalue weighted by molar-refractivity contribution is 7.86. The summed E-state index contributed by atoms with van der Waals surface area (Å²) >= 11 is 1.40. The van der Waals surface area contributed by atoms with Crippen molar-refractivity contribution in [1.29, 1.82) is 0 Å². The van der Waals surface area contributed by atoms with E-state index in [1.165, 1.54) is 35.3 Å². The number of nitrogens with zero attached hydrogens (tertiary/aromatic N) is 3. The van der Waals surface area contributed by atoms with Crippen molar-refractivity contribution in [2.24, 2.45) is 0 Å². The lowest BCUT2D eigenvalue weighted by Crippen LogP contribution is -2.43. The number of carbonyl (C=O) groups excluding carboxylic acids is 2. The first-order valence-electron chi connectivity index (χ1n) is 17.2. The number of nitrogens with one attached hydrogen (secondary N) is 1. The van der Waals surface area contributed by atoms with Gasteiger partial charge in [-0.2, -0.15) is 17.6 Å². The number of ether oxygens (including phenoxy) is 3. The number of aromatic nitrogens is 2. The zero-order valence-electron chi connectivity index (χ0n) is 30.0. The van der Waals surface area contributed by atoms with E-state index in [4.69, 9.17) is 27.2 Å². The van der Waals surface area contributed by atoms with Crippen molar-refractivity contribution in [1.82, 2.24) is 4.40 Å². The van der Waals surface area contributed by atoms with Gasteiger partial charge in [0, 0.05) is 35.4 Å². The molecule has 0 aliphatic carbocycles. The average molecular weight is 779 g/mol. The smallest absolute Gasteiger partial charge is 0.485 e. The number of halogens is 3. The third-order valence-electron chi connectivity index (χ3n) is 9.15. The molecule has 3 aliphatic heterocycles. The molecule has 0 saturated heterocycles. The number of benzene rings is 2. The quantitative estimate of drug-likeness (QED) is 0.103. The standard InChI is InChI=1S/C35H41N4O5S.CHF3O3S/c1-6-43-33(41)31-28(21-12-8-7-9-13-21)39-32(36-35(2,3)4)29-25-18-22-14-10-16-37-17-11-15-24(27(22)37)30(25)44-20-23(19-26(40)42-5)38(29)34(39)45-31;2-1(3,4)8(5,6)7/h7-9,12-13,18,23,36H,6,10-11,14-17,19-20H2,1-5H3;(H,5,6,7)/q+1;/p-1. The van der Waals surface area contributed by atoms with Crippen molar-refractivity contribution in [3.63, 3.8) is 0 Å². The van der Waals surface area contributed by atoms with Crippen LogP contribution in [0.5, 0.6) is 5.75 Å². The molecule has 2 aromatic heterocycles. The van der Waals surface area contributed by atoms with E-state index in [1.807, 2.05) is 37.3 Å². The normalized spacial score (nSPS) is 16.6. The molecule has 4 aromatic rings. The molecule has 53 heavy (non-hydrogen) atoms. The molecular weight excluding hydrogens is 738 g/mol. The van der Waals surface area contributed by atoms with Gasteiger partial charge in [-0.15, -0.1) is 0 Å². The van der Waals surface area contributed by atoms with Gasteiger partial charge in [-0.1, -0.05) is 30.3 Å². The van der Waals surface area contributed by atoms with Crippen molar-refractivity contribution in [2.45, 2.75) is 76.9 Å². The highest BCUT2D eigenvalue weighted by Gasteiger charge is 2.45. The Morgan fingerprint density at radius 1 is 1.11 bits per heavy atom. The van der Waals surface area contributed by atoms with Crippen LogP contribution in [0.15, 0.2) is 36.4 Å². The number of aryl methyl sites for hydroxylation is 1. The number of alkyl halides is 3. The topological polar surface area (TPSA) is 143 Å². The first kappa shape index (κ1) is 38.4. The van der Waals surface area contributed by atoms with E-state index in [1.54, 1.807) is 0 Å². The van der Waals surface area contributed by atoms with Gasteiger partial charge in [0.1, 0.15) is 18.4 Å². The van der Waals surface area contributed by atoms with Gasteiger partial charge in [-0.05, 0) is 76.3 Å². The number of fused-ring (bicyclic) bond motifs is 6. The lowest BCUT2D eigenvalue weighted by atomic mass is 9.88. The Kier molecular flexibility index (Phi) is 10.5. The Hall–Kier alpha value is -4.35. The van der Waals surface area contributed by atoms with E-state index in [0.29, 0.717) is 11.5 Å². The summed E-state index contributed by atoms with van der Waals surface area (Å²) in [6.45, 7) is 10.9. The van der Waals surface area contributed by atoms with Crippen molar-refractivity contribution >= 4 is 49.9 Å². The fraction of sp³-hybridized carbons (Fsp3) is 0.472. The number of esters is 2. The number of carbonyl (C=O) groups is 2. The van der Waals surface area contributed by atoms with Crippen LogP contribution in [0.1, 0.15) is 73.8 Å². The number of rotatable bonds is 6. The molecule has 1 unspecified atom stereocenters. The van der Waals surface area contributed by atoms with Crippen molar-refractivity contribution in [3.05, 3.63) is 52.4 Å². The zero-order chi connectivity index (χ0) is 38.5. The number of anilines is 2. The maximum absolute atomic E-state index is 13.6. The molecule has 1 N–H and O–H groups in total. The SMILES string of the molecule is CCOC(=O)c1sc2n(c(NC(C)(C)C)c3[n+]2C(CC(=O)OC)COc2c-3cc3c4c2CCCN4CCC3)c1-c1ccccc1.O=S(=O)([O-])C(F)(F)F. The molecule has 5 heterocycles. The first-order chi connectivity index (χ1) is 24.9. The van der Waals surface area contributed by atoms with Crippen LogP contribution in [0, 0.1) is 0 Å². The van der Waals surface area contributed by atoms with Gasteiger partial charge >= 0.3 is 22.4 Å². The minimum absolute atomic E-state index is 0.130. The molecule has 0 spiro atoms. The van der Waals surface area contributed by atoms with Crippen LogP contribution in [-0.4, -0.2) is 73.8 Å². The van der Waals surface area contributed by atoms with E-state index in [-0.39, 0.29) is 36.5 Å². The van der Waals surface area contributed by atoms with E-state index < -0.39 is 15.6 Å². The molecule has 7 rings (SSSR count). The molecule has 0 fully saturated rings. The predicted octanol–water partition coefficient (Wildman–Crippen LogP) is 6.26. The maximum Gasteiger partial charge on any atom is 0.485 e. The van der Waals surface area contributed by atoms with Gasteiger partial charge in [0.2, 0.25) is 11.5 Å². The molecule has 286 valence electrons. The predicted molar refractivity (Wildman–Crippen MR) is 191 cm³/mol. The number of thiazole rings is 1. The molecule has 3 aliphatic rings. The van der Waals surface area contributed by atoms with Crippen LogP contribution < -0.4 is 19.5 Å². The molecule has 0 radical (unpaired) electrons. The van der Waals surface area contributed by atoms with Crippen LogP contribution in [0.3, 0.4) is 0 Å². The molecule has 0 amide bonds. The second kappa shape index (κ2) is 14.5. The van der Waals surface area contributed by atoms with E-state index in [2.05, 4.69) is 46.0 Å². The summed E-state index contributed by atoms with van der Waals surface area (Å²) in [5.41, 5.74) is 1.66. The summed E-state index contributed by atoms with van der Waals surface area (Å²) < 4.78 is 80.9. The van der Waals surface area contributed by atoms with Crippen LogP contribution in [0.25, 0.3) is 27.5 Å². The molecular formula is C36H41F3N4O8S2. The Morgan fingerprint density at radius 2 is 1.77 bits per heavy atom. The van der Waals surface area contributed by atoms with E-state index in [0.717, 1.165) is 77.8 Å². The number of hydrogen-bond acceptors (Lipinski definition) is 11. The Labute approximate surface area is 309 Å². The van der Waals surface area contributed by atoms with Gasteiger partial charge in [0.05, 0.1) is 25.7 Å². The summed E-state index contributed by atoms with van der Waals surface area (Å²) in [7, 11) is -4.67. The Bertz CT molecular complexity index is 2160. The monoisotopic (exact) mass is 778 g/mol. The third kappa shape index (κ3) is 7.42. The summed E-state index contributed by atoms with van der Waals surface area (Å²) in [6, 6.07) is 12.0. The van der Waals surface area contributed by atoms with Crippen LogP contribution in [0.2, 0.25) is 0 Å². The molecule has 12 nitrogen and oxygen atoms in total. The van der Waals surface area contributed by atoms with Crippen LogP contribution in [-0.2, 0) is 37.2 Å². The van der Waals surface area contributed by atoms with Gasteiger partial charge in [0.25, 0.3) is 0 Å².